The normalized spacial score (nSPS) is 12.1. The van der Waals surface area contributed by atoms with E-state index in [4.69, 9.17) is 0 Å². The first-order valence-corrected chi connectivity index (χ1v) is 3.17. The van der Waals surface area contributed by atoms with Gasteiger partial charge in [0.1, 0.15) is 6.72 Å². The topological polar surface area (TPSA) is 26.1 Å². The van der Waals surface area contributed by atoms with Crippen molar-refractivity contribution >= 4 is 6.72 Å². The standard InChI is InChI=1S/C7H15NO/c1-6(2)7(3,4)8(5)9/h6H,5H2,1-4H3. The molecule has 0 saturated carbocycles. The lowest BCUT2D eigenvalue weighted by Gasteiger charge is -2.26. The molecule has 0 aromatic carbocycles. The summed E-state index contributed by atoms with van der Waals surface area (Å²) < 4.78 is 0.762. The zero-order valence-corrected chi connectivity index (χ0v) is 6.64. The second-order valence-electron chi connectivity index (χ2n) is 3.19. The lowest BCUT2D eigenvalue weighted by atomic mass is 9.91. The second kappa shape index (κ2) is 2.38. The van der Waals surface area contributed by atoms with Crippen molar-refractivity contribution in [2.24, 2.45) is 5.92 Å². The van der Waals surface area contributed by atoms with Crippen molar-refractivity contribution in [2.45, 2.75) is 33.2 Å². The fourth-order valence-corrected chi connectivity index (χ4v) is 0.288. The molecule has 0 unspecified atom stereocenters. The number of rotatable bonds is 2. The molecule has 54 valence electrons. The van der Waals surface area contributed by atoms with Crippen LogP contribution in [0.5, 0.6) is 0 Å². The SMILES string of the molecule is C=[N+]([O-])C(C)(C)C(C)C. The molecule has 0 aromatic rings. The van der Waals surface area contributed by atoms with E-state index in [-0.39, 0.29) is 5.54 Å². The summed E-state index contributed by atoms with van der Waals surface area (Å²) in [4.78, 5) is 0. The Morgan fingerprint density at radius 2 is 1.78 bits per heavy atom. The van der Waals surface area contributed by atoms with E-state index in [1.807, 2.05) is 27.7 Å². The van der Waals surface area contributed by atoms with Crippen molar-refractivity contribution in [3.63, 3.8) is 0 Å². The van der Waals surface area contributed by atoms with Gasteiger partial charge in [0, 0.05) is 19.8 Å². The Hall–Kier alpha value is -0.530. The van der Waals surface area contributed by atoms with Gasteiger partial charge in [-0.3, -0.25) is 0 Å². The van der Waals surface area contributed by atoms with Gasteiger partial charge < -0.3 is 5.21 Å². The molecule has 0 aliphatic carbocycles. The average Bonchev–Trinajstić information content (AvgIpc) is 1.65. The number of hydrogen-bond donors (Lipinski definition) is 0. The Morgan fingerprint density at radius 3 is 1.78 bits per heavy atom. The third-order valence-electron chi connectivity index (χ3n) is 2.06. The van der Waals surface area contributed by atoms with Crippen molar-refractivity contribution in [1.29, 1.82) is 0 Å². The minimum atomic E-state index is -0.333. The number of hydroxylamine groups is 1. The number of nitrogens with zero attached hydrogens (tertiary/aromatic N) is 1. The van der Waals surface area contributed by atoms with E-state index >= 15 is 0 Å². The molecule has 0 rings (SSSR count). The van der Waals surface area contributed by atoms with Gasteiger partial charge >= 0.3 is 0 Å². The summed E-state index contributed by atoms with van der Waals surface area (Å²) in [5.74, 6) is 0.340. The van der Waals surface area contributed by atoms with E-state index in [0.717, 1.165) is 4.74 Å². The summed E-state index contributed by atoms with van der Waals surface area (Å²) >= 11 is 0. The highest BCUT2D eigenvalue weighted by Gasteiger charge is 2.28. The Labute approximate surface area is 56.8 Å². The molecule has 0 aliphatic heterocycles. The highest BCUT2D eigenvalue weighted by molar-refractivity contribution is 5.15. The molecule has 0 radical (unpaired) electrons. The molecular formula is C7H15NO. The molecule has 0 fully saturated rings. The Morgan fingerprint density at radius 1 is 1.44 bits per heavy atom. The Bertz CT molecular complexity index is 116. The summed E-state index contributed by atoms with van der Waals surface area (Å²) in [5.41, 5.74) is -0.333. The first kappa shape index (κ1) is 8.47. The van der Waals surface area contributed by atoms with Crippen LogP contribution in [-0.2, 0) is 0 Å². The minimum absolute atomic E-state index is 0.333. The monoisotopic (exact) mass is 129 g/mol. The molecule has 0 saturated heterocycles. The van der Waals surface area contributed by atoms with Crippen LogP contribution in [0.15, 0.2) is 0 Å². The predicted molar refractivity (Wildman–Crippen MR) is 39.7 cm³/mol. The first-order chi connectivity index (χ1) is 3.89. The smallest absolute Gasteiger partial charge is 0.169 e. The van der Waals surface area contributed by atoms with E-state index in [2.05, 4.69) is 6.72 Å². The Balaban J connectivity index is 4.19. The summed E-state index contributed by atoms with van der Waals surface area (Å²) in [5, 5.41) is 10.7. The van der Waals surface area contributed by atoms with Gasteiger partial charge in [0.15, 0.2) is 5.54 Å². The fraction of sp³-hybridized carbons (Fsp3) is 0.857. The van der Waals surface area contributed by atoms with Crippen LogP contribution in [0.2, 0.25) is 0 Å². The lowest BCUT2D eigenvalue weighted by Crippen LogP contribution is -2.37. The molecule has 0 bridgehead atoms. The van der Waals surface area contributed by atoms with Crippen molar-refractivity contribution in [3.8, 4) is 0 Å². The molecule has 9 heavy (non-hydrogen) atoms. The third-order valence-corrected chi connectivity index (χ3v) is 2.06. The van der Waals surface area contributed by atoms with Crippen LogP contribution in [0.25, 0.3) is 0 Å². The molecule has 0 spiro atoms. The number of hydrogen-bond acceptors (Lipinski definition) is 1. The summed E-state index contributed by atoms with van der Waals surface area (Å²) in [7, 11) is 0. The second-order valence-corrected chi connectivity index (χ2v) is 3.19. The van der Waals surface area contributed by atoms with Gasteiger partial charge in [0.05, 0.1) is 0 Å². The zero-order chi connectivity index (χ0) is 7.65. The zero-order valence-electron chi connectivity index (χ0n) is 6.64. The van der Waals surface area contributed by atoms with E-state index in [1.165, 1.54) is 0 Å². The van der Waals surface area contributed by atoms with Crippen LogP contribution < -0.4 is 0 Å². The molecule has 0 atom stereocenters. The largest absolute Gasteiger partial charge is 0.624 e. The van der Waals surface area contributed by atoms with Crippen LogP contribution in [0.4, 0.5) is 0 Å². The molecule has 0 heterocycles. The van der Waals surface area contributed by atoms with E-state index in [0.29, 0.717) is 5.92 Å². The fourth-order valence-electron chi connectivity index (χ4n) is 0.288. The van der Waals surface area contributed by atoms with E-state index in [9.17, 15) is 5.21 Å². The van der Waals surface area contributed by atoms with Crippen LogP contribution in [-0.4, -0.2) is 17.0 Å². The average molecular weight is 129 g/mol. The Kier molecular flexibility index (Phi) is 2.24. The maximum atomic E-state index is 10.7. The predicted octanol–water partition coefficient (Wildman–Crippen LogP) is 1.63. The maximum Gasteiger partial charge on any atom is 0.169 e. The van der Waals surface area contributed by atoms with Gasteiger partial charge in [-0.1, -0.05) is 13.8 Å². The molecule has 0 N–H and O–H groups in total. The maximum absolute atomic E-state index is 10.7. The van der Waals surface area contributed by atoms with Crippen LogP contribution in [0, 0.1) is 11.1 Å². The molecular weight excluding hydrogens is 114 g/mol. The van der Waals surface area contributed by atoms with Gasteiger partial charge in [-0.15, -0.1) is 0 Å². The van der Waals surface area contributed by atoms with E-state index in [1.54, 1.807) is 0 Å². The highest BCUT2D eigenvalue weighted by Crippen LogP contribution is 2.17. The van der Waals surface area contributed by atoms with Crippen molar-refractivity contribution in [3.05, 3.63) is 5.21 Å². The lowest BCUT2D eigenvalue weighted by molar-refractivity contribution is -0.542. The van der Waals surface area contributed by atoms with Crippen molar-refractivity contribution in [2.75, 3.05) is 0 Å². The molecule has 2 heteroatoms. The van der Waals surface area contributed by atoms with Gasteiger partial charge in [0.25, 0.3) is 0 Å². The summed E-state index contributed by atoms with van der Waals surface area (Å²) in [6, 6.07) is 0. The minimum Gasteiger partial charge on any atom is -0.624 e. The van der Waals surface area contributed by atoms with Gasteiger partial charge in [-0.25, -0.2) is 4.74 Å². The first-order valence-electron chi connectivity index (χ1n) is 3.17. The van der Waals surface area contributed by atoms with Crippen molar-refractivity contribution in [1.82, 2.24) is 0 Å². The quantitative estimate of drug-likeness (QED) is 0.241. The van der Waals surface area contributed by atoms with E-state index < -0.39 is 0 Å². The van der Waals surface area contributed by atoms with Gasteiger partial charge in [-0.05, 0) is 0 Å². The third kappa shape index (κ3) is 1.70. The summed E-state index contributed by atoms with van der Waals surface area (Å²) in [6.45, 7) is 11.1. The van der Waals surface area contributed by atoms with Crippen LogP contribution in [0.3, 0.4) is 0 Å². The van der Waals surface area contributed by atoms with Gasteiger partial charge in [0.2, 0.25) is 0 Å². The molecule has 2 nitrogen and oxygen atoms in total. The van der Waals surface area contributed by atoms with Crippen LogP contribution >= 0.6 is 0 Å². The highest BCUT2D eigenvalue weighted by atomic mass is 16.5. The summed E-state index contributed by atoms with van der Waals surface area (Å²) in [6.07, 6.45) is 0. The molecule has 0 aromatic heterocycles. The van der Waals surface area contributed by atoms with Crippen molar-refractivity contribution < 1.29 is 4.74 Å². The molecule has 0 amide bonds. The molecule has 0 aliphatic rings. The van der Waals surface area contributed by atoms with Gasteiger partial charge in [-0.2, -0.15) is 0 Å². The van der Waals surface area contributed by atoms with Crippen LogP contribution in [0.1, 0.15) is 27.7 Å².